The van der Waals surface area contributed by atoms with Gasteiger partial charge in [-0.1, -0.05) is 56.0 Å². The fourth-order valence-electron chi connectivity index (χ4n) is 5.98. The lowest BCUT2D eigenvalue weighted by Crippen LogP contribution is -2.44. The van der Waals surface area contributed by atoms with Crippen molar-refractivity contribution in [3.8, 4) is 0 Å². The van der Waals surface area contributed by atoms with E-state index in [-0.39, 0.29) is 18.4 Å². The molecule has 1 amide bonds. The van der Waals surface area contributed by atoms with Crippen LogP contribution >= 0.6 is 0 Å². The van der Waals surface area contributed by atoms with E-state index in [2.05, 4.69) is 16.0 Å². The molecule has 1 aromatic heterocycles. The Labute approximate surface area is 227 Å². The van der Waals surface area contributed by atoms with Crippen LogP contribution in [-0.2, 0) is 30.5 Å². The van der Waals surface area contributed by atoms with Crippen LogP contribution in [0.1, 0.15) is 60.9 Å². The van der Waals surface area contributed by atoms with Crippen molar-refractivity contribution in [2.45, 2.75) is 70.3 Å². The topological polar surface area (TPSA) is 62.5 Å². The number of rotatable bonds is 7. The molecule has 1 fully saturated rings. The Morgan fingerprint density at radius 3 is 2.46 bits per heavy atom. The smallest absolute Gasteiger partial charge is 0.399 e. The molecule has 1 saturated carbocycles. The third-order valence-electron chi connectivity index (χ3n) is 8.08. The molecule has 2 aliphatic rings. The number of nitrogens with zero attached hydrogens (tertiary/aromatic N) is 3. The highest BCUT2D eigenvalue weighted by molar-refractivity contribution is 5.79. The van der Waals surface area contributed by atoms with Crippen molar-refractivity contribution in [3.63, 3.8) is 0 Å². The minimum absolute atomic E-state index is 0.0619. The Bertz CT molecular complexity index is 1270. The molecule has 2 N–H and O–H groups in total. The Morgan fingerprint density at radius 2 is 1.74 bits per heavy atom. The molecule has 1 unspecified atom stereocenters. The van der Waals surface area contributed by atoms with Crippen LogP contribution in [0, 0.1) is 5.92 Å². The first-order valence-corrected chi connectivity index (χ1v) is 13.7. The van der Waals surface area contributed by atoms with Crippen LogP contribution in [0.25, 0.3) is 0 Å². The van der Waals surface area contributed by atoms with Crippen molar-refractivity contribution in [3.05, 3.63) is 89.2 Å². The van der Waals surface area contributed by atoms with E-state index in [0.717, 1.165) is 41.9 Å². The Hall–Kier alpha value is -3.55. The predicted octanol–water partition coefficient (Wildman–Crippen LogP) is 6.61. The quantitative estimate of drug-likeness (QED) is 0.369. The zero-order valence-corrected chi connectivity index (χ0v) is 22.0. The van der Waals surface area contributed by atoms with Crippen LogP contribution in [0.3, 0.4) is 0 Å². The molecule has 3 aromatic rings. The fourth-order valence-corrected chi connectivity index (χ4v) is 5.98. The number of aromatic nitrogens is 1. The molecule has 1 aliphatic heterocycles. The van der Waals surface area contributed by atoms with E-state index < -0.39 is 11.7 Å². The van der Waals surface area contributed by atoms with Crippen LogP contribution in [0.4, 0.5) is 24.5 Å². The molecule has 5 rings (SSSR count). The zero-order valence-electron chi connectivity index (χ0n) is 22.0. The van der Waals surface area contributed by atoms with Gasteiger partial charge >= 0.3 is 6.18 Å². The fraction of sp³-hybridized carbons (Fsp3) is 0.419. The van der Waals surface area contributed by atoms with Gasteiger partial charge < -0.3 is 15.5 Å². The lowest BCUT2D eigenvalue weighted by Gasteiger charge is -2.35. The molecule has 39 heavy (non-hydrogen) atoms. The summed E-state index contributed by atoms with van der Waals surface area (Å²) in [5, 5.41) is 0. The molecular formula is C31H35F3N4O. The van der Waals surface area contributed by atoms with Crippen molar-refractivity contribution >= 4 is 17.3 Å². The highest BCUT2D eigenvalue weighted by atomic mass is 19.4. The van der Waals surface area contributed by atoms with Crippen LogP contribution in [0.2, 0.25) is 0 Å². The van der Waals surface area contributed by atoms with Gasteiger partial charge in [0.15, 0.2) is 0 Å². The average molecular weight is 537 g/mol. The molecule has 5 nitrogen and oxygen atoms in total. The summed E-state index contributed by atoms with van der Waals surface area (Å²) in [6.45, 7) is 1.58. The van der Waals surface area contributed by atoms with Gasteiger partial charge in [-0.25, -0.2) is 0 Å². The predicted molar refractivity (Wildman–Crippen MR) is 147 cm³/mol. The van der Waals surface area contributed by atoms with Crippen molar-refractivity contribution in [1.82, 2.24) is 9.88 Å². The second-order valence-electron chi connectivity index (χ2n) is 10.9. The summed E-state index contributed by atoms with van der Waals surface area (Å²) < 4.78 is 39.0. The summed E-state index contributed by atoms with van der Waals surface area (Å²) in [4.78, 5) is 22.4. The number of nitrogens with two attached hydrogens (primary N) is 1. The summed E-state index contributed by atoms with van der Waals surface area (Å²) in [5.74, 6) is 0.631. The Morgan fingerprint density at radius 1 is 1.00 bits per heavy atom. The molecule has 0 radical (unpaired) electrons. The highest BCUT2D eigenvalue weighted by Gasteiger charge is 2.32. The number of carbonyl (C=O) groups is 1. The second-order valence-corrected chi connectivity index (χ2v) is 10.9. The Kier molecular flexibility index (Phi) is 8.10. The summed E-state index contributed by atoms with van der Waals surface area (Å²) >= 11 is 0. The third-order valence-corrected chi connectivity index (χ3v) is 8.08. The zero-order chi connectivity index (χ0) is 27.4. The van der Waals surface area contributed by atoms with E-state index in [1.54, 1.807) is 12.3 Å². The van der Waals surface area contributed by atoms with Gasteiger partial charge in [0, 0.05) is 36.7 Å². The number of amides is 1. The average Bonchev–Trinajstić information content (AvgIpc) is 3.38. The molecule has 0 saturated heterocycles. The van der Waals surface area contributed by atoms with E-state index in [1.165, 1.54) is 37.8 Å². The molecular weight excluding hydrogens is 501 g/mol. The van der Waals surface area contributed by atoms with Gasteiger partial charge in [0.05, 0.1) is 24.2 Å². The number of benzene rings is 2. The normalized spacial score (nSPS) is 18.2. The SMILES string of the molecule is Nc1ccnc(CN2c3ccccc3CN(C(=O)Cc3ccc(C(F)(F)F)cc3)CC2CCC2CCCC2)c1. The molecule has 206 valence electrons. The first kappa shape index (κ1) is 27.0. The van der Waals surface area contributed by atoms with E-state index in [4.69, 9.17) is 5.73 Å². The van der Waals surface area contributed by atoms with Crippen LogP contribution < -0.4 is 10.6 Å². The minimum Gasteiger partial charge on any atom is -0.399 e. The van der Waals surface area contributed by atoms with Gasteiger partial charge in [-0.3, -0.25) is 9.78 Å². The van der Waals surface area contributed by atoms with Crippen molar-refractivity contribution < 1.29 is 18.0 Å². The van der Waals surface area contributed by atoms with Crippen molar-refractivity contribution in [2.75, 3.05) is 17.2 Å². The number of alkyl halides is 3. The maximum absolute atomic E-state index is 13.6. The number of anilines is 2. The molecule has 8 heteroatoms. The minimum atomic E-state index is -4.40. The maximum atomic E-state index is 13.6. The van der Waals surface area contributed by atoms with Crippen LogP contribution in [0.5, 0.6) is 0 Å². The van der Waals surface area contributed by atoms with E-state index >= 15 is 0 Å². The number of halogens is 3. The summed E-state index contributed by atoms with van der Waals surface area (Å²) in [6, 6.07) is 16.8. The number of carbonyl (C=O) groups excluding carboxylic acids is 1. The Balaban J connectivity index is 1.41. The summed E-state index contributed by atoms with van der Waals surface area (Å²) in [7, 11) is 0. The second kappa shape index (κ2) is 11.7. The van der Waals surface area contributed by atoms with Crippen LogP contribution in [-0.4, -0.2) is 28.4 Å². The van der Waals surface area contributed by atoms with E-state index in [1.807, 2.05) is 29.2 Å². The number of pyridine rings is 1. The summed E-state index contributed by atoms with van der Waals surface area (Å²) in [5.41, 5.74) is 9.60. The molecule has 2 aromatic carbocycles. The molecule has 1 aliphatic carbocycles. The number of fused-ring (bicyclic) bond motifs is 1. The number of para-hydroxylation sites is 1. The first-order chi connectivity index (χ1) is 18.8. The number of hydrogen-bond acceptors (Lipinski definition) is 4. The number of hydrogen-bond donors (Lipinski definition) is 1. The highest BCUT2D eigenvalue weighted by Crippen LogP contribution is 2.35. The molecule has 0 bridgehead atoms. The van der Waals surface area contributed by atoms with Gasteiger partial charge in [-0.2, -0.15) is 13.2 Å². The van der Waals surface area contributed by atoms with E-state index in [9.17, 15) is 18.0 Å². The lowest BCUT2D eigenvalue weighted by atomic mass is 9.97. The van der Waals surface area contributed by atoms with Gasteiger partial charge in [0.25, 0.3) is 0 Å². The van der Waals surface area contributed by atoms with Crippen molar-refractivity contribution in [1.29, 1.82) is 0 Å². The standard InChI is InChI=1S/C31H35F3N4O/c32-31(33,34)25-12-9-23(10-13-25)17-30(39)37-19-24-7-3-4-8-29(24)38(20-27-18-26(35)15-16-36-27)28(21-37)14-11-22-5-1-2-6-22/h3-4,7-10,12-13,15-16,18,22,28H,1-2,5-6,11,14,17,19-21H2,(H2,35,36). The van der Waals surface area contributed by atoms with Gasteiger partial charge in [-0.15, -0.1) is 0 Å². The van der Waals surface area contributed by atoms with Crippen molar-refractivity contribution in [2.24, 2.45) is 5.92 Å². The van der Waals surface area contributed by atoms with Gasteiger partial charge in [0.1, 0.15) is 0 Å². The van der Waals surface area contributed by atoms with Crippen LogP contribution in [0.15, 0.2) is 66.9 Å². The maximum Gasteiger partial charge on any atom is 0.416 e. The summed E-state index contributed by atoms with van der Waals surface area (Å²) in [6.07, 6.45) is 4.53. The monoisotopic (exact) mass is 536 g/mol. The lowest BCUT2D eigenvalue weighted by molar-refractivity contribution is -0.137. The number of nitrogen functional groups attached to an aromatic ring is 1. The first-order valence-electron chi connectivity index (χ1n) is 13.7. The van der Waals surface area contributed by atoms with Gasteiger partial charge in [0.2, 0.25) is 5.91 Å². The third kappa shape index (κ3) is 6.72. The molecule has 1 atom stereocenters. The van der Waals surface area contributed by atoms with E-state index in [0.29, 0.717) is 36.8 Å². The van der Waals surface area contributed by atoms with Gasteiger partial charge in [-0.05, 0) is 60.2 Å². The largest absolute Gasteiger partial charge is 0.416 e. The molecule has 2 heterocycles. The molecule has 0 spiro atoms.